The molecule has 1 saturated carbocycles. The van der Waals surface area contributed by atoms with Crippen LogP contribution < -0.4 is 15.4 Å². The van der Waals surface area contributed by atoms with Crippen molar-refractivity contribution in [3.8, 4) is 11.5 Å². The summed E-state index contributed by atoms with van der Waals surface area (Å²) in [6.07, 6.45) is 6.11. The number of nitrogens with one attached hydrogen (secondary N) is 2. The molecule has 0 heterocycles. The lowest BCUT2D eigenvalue weighted by atomic mass is 9.83. The van der Waals surface area contributed by atoms with Crippen molar-refractivity contribution in [3.05, 3.63) is 23.8 Å². The molecule has 140 valence electrons. The van der Waals surface area contributed by atoms with Gasteiger partial charge in [0, 0.05) is 39.4 Å². The van der Waals surface area contributed by atoms with Crippen molar-refractivity contribution in [2.75, 3.05) is 34.4 Å². The fourth-order valence-electron chi connectivity index (χ4n) is 3.46. The van der Waals surface area contributed by atoms with Crippen LogP contribution in [0.15, 0.2) is 23.2 Å². The molecule has 3 N–H and O–H groups in total. The normalized spacial score (nSPS) is 16.7. The zero-order chi connectivity index (χ0) is 18.1. The van der Waals surface area contributed by atoms with Crippen LogP contribution in [-0.2, 0) is 11.3 Å². The van der Waals surface area contributed by atoms with Gasteiger partial charge in [0.25, 0.3) is 0 Å². The van der Waals surface area contributed by atoms with Crippen LogP contribution in [0.3, 0.4) is 0 Å². The van der Waals surface area contributed by atoms with Gasteiger partial charge in [-0.15, -0.1) is 0 Å². The minimum absolute atomic E-state index is 0.246. The second-order valence-electron chi connectivity index (χ2n) is 6.72. The first-order valence-electron chi connectivity index (χ1n) is 8.92. The van der Waals surface area contributed by atoms with E-state index in [4.69, 9.17) is 9.47 Å². The summed E-state index contributed by atoms with van der Waals surface area (Å²) in [7, 11) is 5.14. The van der Waals surface area contributed by atoms with Gasteiger partial charge in [0.2, 0.25) is 0 Å². The van der Waals surface area contributed by atoms with Crippen molar-refractivity contribution in [1.29, 1.82) is 0 Å². The molecule has 1 aromatic rings. The van der Waals surface area contributed by atoms with Crippen LogP contribution in [0.1, 0.15) is 37.7 Å². The van der Waals surface area contributed by atoms with Gasteiger partial charge in [-0.25, -0.2) is 0 Å². The van der Waals surface area contributed by atoms with Gasteiger partial charge in [0.05, 0.1) is 7.11 Å². The SMILES string of the molecule is CN=C(NCc1cc(OC)ccc1O)NCC1(CCOC)CCCC1. The number of benzene rings is 1. The van der Waals surface area contributed by atoms with Gasteiger partial charge < -0.3 is 25.2 Å². The molecule has 1 fully saturated rings. The first-order chi connectivity index (χ1) is 12.1. The summed E-state index contributed by atoms with van der Waals surface area (Å²) in [5, 5.41) is 16.7. The highest BCUT2D eigenvalue weighted by atomic mass is 16.5. The maximum atomic E-state index is 9.99. The van der Waals surface area contributed by atoms with Gasteiger partial charge >= 0.3 is 0 Å². The quantitative estimate of drug-likeness (QED) is 0.497. The van der Waals surface area contributed by atoms with Crippen LogP contribution in [0, 0.1) is 5.41 Å². The lowest BCUT2D eigenvalue weighted by Gasteiger charge is -2.30. The van der Waals surface area contributed by atoms with Crippen LogP contribution in [0.5, 0.6) is 11.5 Å². The molecular formula is C19H31N3O3. The fraction of sp³-hybridized carbons (Fsp3) is 0.632. The van der Waals surface area contributed by atoms with E-state index in [1.165, 1.54) is 25.7 Å². The fourth-order valence-corrected chi connectivity index (χ4v) is 3.46. The largest absolute Gasteiger partial charge is 0.508 e. The summed E-state index contributed by atoms with van der Waals surface area (Å²) < 4.78 is 10.5. The molecule has 0 bridgehead atoms. The van der Waals surface area contributed by atoms with Gasteiger partial charge in [-0.2, -0.15) is 0 Å². The topological polar surface area (TPSA) is 75.1 Å². The maximum Gasteiger partial charge on any atom is 0.191 e. The van der Waals surface area contributed by atoms with E-state index >= 15 is 0 Å². The van der Waals surface area contributed by atoms with Crippen molar-refractivity contribution in [3.63, 3.8) is 0 Å². The molecule has 6 heteroatoms. The number of hydrogen-bond acceptors (Lipinski definition) is 4. The zero-order valence-electron chi connectivity index (χ0n) is 15.6. The molecule has 0 saturated heterocycles. The molecule has 0 spiro atoms. The minimum Gasteiger partial charge on any atom is -0.508 e. The molecule has 6 nitrogen and oxygen atoms in total. The number of aliphatic imine (C=N–C) groups is 1. The Morgan fingerprint density at radius 2 is 2.00 bits per heavy atom. The second-order valence-corrected chi connectivity index (χ2v) is 6.72. The zero-order valence-corrected chi connectivity index (χ0v) is 15.6. The summed E-state index contributed by atoms with van der Waals surface area (Å²) in [6.45, 7) is 2.17. The summed E-state index contributed by atoms with van der Waals surface area (Å²) in [5.74, 6) is 1.71. The molecule has 0 unspecified atom stereocenters. The molecule has 1 aliphatic rings. The number of nitrogens with zero attached hydrogens (tertiary/aromatic N) is 1. The number of rotatable bonds is 8. The highest BCUT2D eigenvalue weighted by Crippen LogP contribution is 2.40. The summed E-state index contributed by atoms with van der Waals surface area (Å²) in [5.41, 5.74) is 1.07. The predicted octanol–water partition coefficient (Wildman–Crippen LogP) is 2.66. The van der Waals surface area contributed by atoms with Crippen molar-refractivity contribution < 1.29 is 14.6 Å². The Hall–Kier alpha value is -1.95. The molecule has 25 heavy (non-hydrogen) atoms. The monoisotopic (exact) mass is 349 g/mol. The van der Waals surface area contributed by atoms with Crippen LogP contribution in [0.25, 0.3) is 0 Å². The van der Waals surface area contributed by atoms with Crippen molar-refractivity contribution in [2.45, 2.75) is 38.6 Å². The summed E-state index contributed by atoms with van der Waals surface area (Å²) in [4.78, 5) is 4.30. The van der Waals surface area contributed by atoms with E-state index in [0.717, 1.165) is 36.8 Å². The van der Waals surface area contributed by atoms with Crippen LogP contribution in [0.2, 0.25) is 0 Å². The van der Waals surface area contributed by atoms with E-state index in [2.05, 4.69) is 15.6 Å². The third kappa shape index (κ3) is 5.53. The number of ether oxygens (including phenoxy) is 2. The van der Waals surface area contributed by atoms with Gasteiger partial charge in [-0.3, -0.25) is 4.99 Å². The molecule has 2 rings (SSSR count). The first-order valence-corrected chi connectivity index (χ1v) is 8.92. The number of methoxy groups -OCH3 is 2. The molecule has 0 radical (unpaired) electrons. The summed E-state index contributed by atoms with van der Waals surface area (Å²) >= 11 is 0. The van der Waals surface area contributed by atoms with Gasteiger partial charge in [-0.05, 0) is 42.9 Å². The summed E-state index contributed by atoms with van der Waals surface area (Å²) in [6, 6.07) is 5.21. The Morgan fingerprint density at radius 1 is 1.24 bits per heavy atom. The van der Waals surface area contributed by atoms with Crippen molar-refractivity contribution in [1.82, 2.24) is 10.6 Å². The first kappa shape index (κ1) is 19.4. The van der Waals surface area contributed by atoms with E-state index in [-0.39, 0.29) is 5.75 Å². The van der Waals surface area contributed by atoms with Crippen molar-refractivity contribution >= 4 is 5.96 Å². The van der Waals surface area contributed by atoms with Gasteiger partial charge in [0.1, 0.15) is 11.5 Å². The Labute approximate surface area is 150 Å². The molecular weight excluding hydrogens is 318 g/mol. The van der Waals surface area contributed by atoms with E-state index in [1.807, 2.05) is 6.07 Å². The Morgan fingerprint density at radius 3 is 2.64 bits per heavy atom. The highest BCUT2D eigenvalue weighted by Gasteiger charge is 2.33. The molecule has 0 amide bonds. The van der Waals surface area contributed by atoms with E-state index in [0.29, 0.717) is 12.0 Å². The number of guanidine groups is 1. The number of hydrogen-bond donors (Lipinski definition) is 3. The number of phenolic OH excluding ortho intramolecular Hbond substituents is 1. The molecule has 0 aromatic heterocycles. The molecule has 0 atom stereocenters. The van der Waals surface area contributed by atoms with E-state index in [1.54, 1.807) is 33.4 Å². The standard InChI is InChI=1S/C19H31N3O3/c1-20-18(21-13-15-12-16(25-3)6-7-17(15)23)22-14-19(10-11-24-2)8-4-5-9-19/h6-7,12,23H,4-5,8-11,13-14H2,1-3H3,(H2,20,21,22). The second kappa shape index (κ2) is 9.51. The number of phenols is 1. The average molecular weight is 349 g/mol. The lowest BCUT2D eigenvalue weighted by molar-refractivity contribution is 0.138. The van der Waals surface area contributed by atoms with Gasteiger partial charge in [0.15, 0.2) is 5.96 Å². The Kier molecular flexibility index (Phi) is 7.37. The van der Waals surface area contributed by atoms with E-state index in [9.17, 15) is 5.11 Å². The van der Waals surface area contributed by atoms with E-state index < -0.39 is 0 Å². The maximum absolute atomic E-state index is 9.99. The molecule has 1 aromatic carbocycles. The van der Waals surface area contributed by atoms with Crippen LogP contribution in [-0.4, -0.2) is 45.5 Å². The number of aromatic hydroxyl groups is 1. The van der Waals surface area contributed by atoms with Crippen LogP contribution >= 0.6 is 0 Å². The third-order valence-corrected chi connectivity index (χ3v) is 5.09. The van der Waals surface area contributed by atoms with Gasteiger partial charge in [-0.1, -0.05) is 12.8 Å². The Bertz CT molecular complexity index is 569. The minimum atomic E-state index is 0.246. The molecule has 0 aliphatic heterocycles. The molecule has 1 aliphatic carbocycles. The van der Waals surface area contributed by atoms with Crippen molar-refractivity contribution in [2.24, 2.45) is 10.4 Å². The third-order valence-electron chi connectivity index (χ3n) is 5.09. The smallest absolute Gasteiger partial charge is 0.191 e. The average Bonchev–Trinajstić information content (AvgIpc) is 3.10. The predicted molar refractivity (Wildman–Crippen MR) is 100 cm³/mol. The van der Waals surface area contributed by atoms with Crippen LogP contribution in [0.4, 0.5) is 0 Å². The Balaban J connectivity index is 1.90. The lowest BCUT2D eigenvalue weighted by Crippen LogP contribution is -2.43. The highest BCUT2D eigenvalue weighted by molar-refractivity contribution is 5.79.